The number of aromatic nitrogens is 4. The van der Waals surface area contributed by atoms with Gasteiger partial charge in [-0.05, 0) is 106 Å². The highest BCUT2D eigenvalue weighted by molar-refractivity contribution is 6.31. The highest BCUT2D eigenvalue weighted by atomic mass is 35.5. The summed E-state index contributed by atoms with van der Waals surface area (Å²) in [5, 5.41) is 12.0. The molecule has 0 aliphatic rings. The van der Waals surface area contributed by atoms with Crippen molar-refractivity contribution in [3.05, 3.63) is 189 Å². The summed E-state index contributed by atoms with van der Waals surface area (Å²) in [5.74, 6) is -1.31. The third-order valence-corrected chi connectivity index (χ3v) is 10.3. The lowest BCUT2D eigenvalue weighted by molar-refractivity contribution is -0.0505. The van der Waals surface area contributed by atoms with E-state index >= 15 is 0 Å². The van der Waals surface area contributed by atoms with E-state index in [1.165, 1.54) is 37.7 Å². The number of carbonyl (C=O) groups excluding carboxylic acids is 1. The smallest absolute Gasteiger partial charge is 0.387 e. The fraction of sp³-hybridized carbons (Fsp3) is 0.149. The number of pyridine rings is 2. The number of benzene rings is 4. The Morgan fingerprint density at radius 2 is 1.08 bits per heavy atom. The van der Waals surface area contributed by atoms with Crippen molar-refractivity contribution in [3.8, 4) is 11.5 Å². The van der Waals surface area contributed by atoms with E-state index in [-0.39, 0.29) is 22.1 Å². The maximum absolute atomic E-state index is 12.5. The topological polar surface area (TPSA) is 118 Å². The van der Waals surface area contributed by atoms with Gasteiger partial charge in [-0.2, -0.15) is 17.6 Å². The number of carboxylic acid groups (broad SMARTS) is 1. The number of rotatable bonds is 14. The SMILES string of the molecule is COC(=O)c1cc(Cl)cnc1Cc1ccc2c(ccn2Cc2cccc(OC(F)F)c2)c1.O=C(O)c1cc(Cl)cnc1Cc1ccc2c(ccn2Cc2cccc(OC(F)F)c2)c1. The van der Waals surface area contributed by atoms with Crippen molar-refractivity contribution < 1.29 is 46.5 Å². The van der Waals surface area contributed by atoms with E-state index < -0.39 is 25.2 Å². The molecule has 8 rings (SSSR count). The van der Waals surface area contributed by atoms with E-state index in [9.17, 15) is 32.3 Å². The Hall–Kier alpha value is -6.90. The summed E-state index contributed by atoms with van der Waals surface area (Å²) >= 11 is 11.9. The van der Waals surface area contributed by atoms with Gasteiger partial charge in [0.05, 0.1) is 39.7 Å². The first-order valence-corrected chi connectivity index (χ1v) is 19.9. The molecule has 0 bridgehead atoms. The lowest BCUT2D eigenvalue weighted by atomic mass is 10.0. The van der Waals surface area contributed by atoms with Gasteiger partial charge < -0.3 is 28.5 Å². The van der Waals surface area contributed by atoms with Crippen LogP contribution in [-0.4, -0.2) is 56.5 Å². The van der Waals surface area contributed by atoms with Crippen LogP contribution in [0.2, 0.25) is 10.0 Å². The van der Waals surface area contributed by atoms with Crippen LogP contribution in [0.25, 0.3) is 21.8 Å². The van der Waals surface area contributed by atoms with Crippen molar-refractivity contribution >= 4 is 56.9 Å². The van der Waals surface area contributed by atoms with Crippen LogP contribution in [0.15, 0.2) is 134 Å². The summed E-state index contributed by atoms with van der Waals surface area (Å²) in [6.07, 6.45) is 7.59. The van der Waals surface area contributed by atoms with Gasteiger partial charge in [0.15, 0.2) is 0 Å². The van der Waals surface area contributed by atoms with Crippen molar-refractivity contribution in [2.45, 2.75) is 39.2 Å². The van der Waals surface area contributed by atoms with Crippen LogP contribution >= 0.6 is 23.2 Å². The number of hydrogen-bond donors (Lipinski definition) is 1. The molecule has 0 saturated heterocycles. The van der Waals surface area contributed by atoms with Crippen molar-refractivity contribution in [1.82, 2.24) is 19.1 Å². The number of nitrogens with zero attached hydrogens (tertiary/aromatic N) is 4. The molecule has 4 aromatic heterocycles. The van der Waals surface area contributed by atoms with Crippen molar-refractivity contribution in [2.75, 3.05) is 7.11 Å². The third-order valence-electron chi connectivity index (χ3n) is 9.88. The average molecular weight is 900 g/mol. The summed E-state index contributed by atoms with van der Waals surface area (Å²) in [6, 6.07) is 32.0. The van der Waals surface area contributed by atoms with E-state index in [1.807, 2.05) is 82.2 Å². The Balaban J connectivity index is 0.000000189. The van der Waals surface area contributed by atoms with E-state index in [4.69, 9.17) is 27.9 Å². The van der Waals surface area contributed by atoms with Crippen LogP contribution in [0.3, 0.4) is 0 Å². The molecule has 8 aromatic rings. The second-order valence-corrected chi connectivity index (χ2v) is 15.0. The molecular weight excluding hydrogens is 863 g/mol. The number of carbonyl (C=O) groups is 2. The number of alkyl halides is 4. The van der Waals surface area contributed by atoms with Gasteiger partial charge in [0, 0.05) is 61.8 Å². The van der Waals surface area contributed by atoms with Crippen LogP contribution in [0, 0.1) is 0 Å². The average Bonchev–Trinajstić information content (AvgIpc) is 3.84. The van der Waals surface area contributed by atoms with Gasteiger partial charge in [-0.1, -0.05) is 59.6 Å². The molecule has 322 valence electrons. The summed E-state index contributed by atoms with van der Waals surface area (Å²) in [7, 11) is 1.32. The Bertz CT molecular complexity index is 2920. The normalized spacial score (nSPS) is 11.2. The molecule has 0 fully saturated rings. The number of ether oxygens (including phenoxy) is 3. The molecule has 0 spiro atoms. The maximum Gasteiger partial charge on any atom is 0.387 e. The van der Waals surface area contributed by atoms with Crippen LogP contribution in [-0.2, 0) is 30.7 Å². The van der Waals surface area contributed by atoms with Crippen molar-refractivity contribution in [1.29, 1.82) is 0 Å². The molecule has 16 heteroatoms. The standard InChI is InChI=1S/C24H19ClF2N2O3.C23H17ClF2N2O3/c1-31-23(30)20-12-18(25)13-28-21(20)11-15-5-6-22-17(9-15)7-8-29(22)14-16-3-2-4-19(10-16)32-24(26)27;24-17-11-19(22(29)30)20(27-12-17)10-14-4-5-21-16(8-14)6-7-28(21)13-15-2-1-3-18(9-15)31-23(25)26/h2-10,12-13,24H,11,14H2,1H3;1-9,11-12,23H,10,13H2,(H,29,30). The molecule has 0 amide bonds. The lowest BCUT2D eigenvalue weighted by Crippen LogP contribution is -2.08. The van der Waals surface area contributed by atoms with Gasteiger partial charge in [0.2, 0.25) is 0 Å². The molecule has 10 nitrogen and oxygen atoms in total. The Labute approximate surface area is 367 Å². The molecule has 4 heterocycles. The minimum Gasteiger partial charge on any atom is -0.478 e. The number of fused-ring (bicyclic) bond motifs is 2. The second kappa shape index (κ2) is 19.9. The Kier molecular flexibility index (Phi) is 13.9. The van der Waals surface area contributed by atoms with Crippen LogP contribution in [0.4, 0.5) is 17.6 Å². The summed E-state index contributed by atoms with van der Waals surface area (Å²) in [4.78, 5) is 32.0. The van der Waals surface area contributed by atoms with Crippen LogP contribution in [0.5, 0.6) is 11.5 Å². The van der Waals surface area contributed by atoms with Crippen molar-refractivity contribution in [2.24, 2.45) is 0 Å². The third kappa shape index (κ3) is 11.3. The number of carboxylic acids is 1. The highest BCUT2D eigenvalue weighted by Crippen LogP contribution is 2.26. The van der Waals surface area contributed by atoms with E-state index in [2.05, 4.69) is 19.4 Å². The molecule has 0 saturated carbocycles. The quantitative estimate of drug-likeness (QED) is 0.0847. The van der Waals surface area contributed by atoms with Gasteiger partial charge in [0.1, 0.15) is 11.5 Å². The minimum atomic E-state index is -2.86. The van der Waals surface area contributed by atoms with Crippen LogP contribution < -0.4 is 9.47 Å². The van der Waals surface area contributed by atoms with Crippen LogP contribution in [0.1, 0.15) is 54.4 Å². The molecular formula is C47H36Cl2F4N4O6. The lowest BCUT2D eigenvalue weighted by Gasteiger charge is -2.10. The molecule has 0 aliphatic carbocycles. The predicted molar refractivity (Wildman–Crippen MR) is 231 cm³/mol. The maximum atomic E-state index is 12.5. The largest absolute Gasteiger partial charge is 0.478 e. The number of hydrogen-bond acceptors (Lipinski definition) is 7. The predicted octanol–water partition coefficient (Wildman–Crippen LogP) is 11.3. The second-order valence-electron chi connectivity index (χ2n) is 14.2. The highest BCUT2D eigenvalue weighted by Gasteiger charge is 2.17. The Morgan fingerprint density at radius 1 is 0.619 bits per heavy atom. The Morgan fingerprint density at radius 3 is 1.52 bits per heavy atom. The molecule has 0 aliphatic heterocycles. The zero-order chi connectivity index (χ0) is 44.6. The van der Waals surface area contributed by atoms with Crippen molar-refractivity contribution in [3.63, 3.8) is 0 Å². The summed E-state index contributed by atoms with van der Waals surface area (Å²) in [5.41, 5.74) is 6.95. The molecule has 63 heavy (non-hydrogen) atoms. The van der Waals surface area contributed by atoms with Gasteiger partial charge in [-0.15, -0.1) is 0 Å². The molecule has 0 unspecified atom stereocenters. The monoisotopic (exact) mass is 898 g/mol. The zero-order valence-corrected chi connectivity index (χ0v) is 34.7. The summed E-state index contributed by atoms with van der Waals surface area (Å²) in [6.45, 7) is -4.72. The fourth-order valence-electron chi connectivity index (χ4n) is 7.10. The number of methoxy groups -OCH3 is 1. The first kappa shape index (κ1) is 44.2. The van der Waals surface area contributed by atoms with E-state index in [1.54, 1.807) is 30.3 Å². The number of aromatic carboxylic acids is 1. The number of esters is 1. The molecule has 0 atom stereocenters. The first-order valence-electron chi connectivity index (χ1n) is 19.2. The fourth-order valence-corrected chi connectivity index (χ4v) is 7.42. The molecule has 0 radical (unpaired) electrons. The van der Waals surface area contributed by atoms with Gasteiger partial charge in [0.25, 0.3) is 0 Å². The molecule has 1 N–H and O–H groups in total. The van der Waals surface area contributed by atoms with E-state index in [0.717, 1.165) is 44.1 Å². The van der Waals surface area contributed by atoms with Gasteiger partial charge in [-0.25, -0.2) is 9.59 Å². The minimum absolute atomic E-state index is 0.0797. The number of halogens is 6. The van der Waals surface area contributed by atoms with Gasteiger partial charge >= 0.3 is 25.2 Å². The van der Waals surface area contributed by atoms with E-state index in [0.29, 0.717) is 47.9 Å². The first-order chi connectivity index (χ1) is 30.3. The summed E-state index contributed by atoms with van der Waals surface area (Å²) < 4.78 is 67.7. The molecule has 4 aromatic carbocycles. The van der Waals surface area contributed by atoms with Gasteiger partial charge in [-0.3, -0.25) is 9.97 Å². The zero-order valence-electron chi connectivity index (χ0n) is 33.2.